The van der Waals surface area contributed by atoms with Crippen LogP contribution in [0, 0.1) is 5.92 Å². The third kappa shape index (κ3) is 3.18. The van der Waals surface area contributed by atoms with E-state index in [1.807, 2.05) is 4.90 Å². The normalized spacial score (nSPS) is 23.0. The van der Waals surface area contributed by atoms with Gasteiger partial charge in [-0.2, -0.15) is 0 Å². The molecule has 1 aliphatic carbocycles. The lowest BCUT2D eigenvalue weighted by Gasteiger charge is -2.24. The Bertz CT molecular complexity index is 539. The van der Waals surface area contributed by atoms with Gasteiger partial charge in [-0.05, 0) is 12.8 Å². The summed E-state index contributed by atoms with van der Waals surface area (Å²) >= 11 is 1.18. The SMILES string of the molecule is Nc1ncc(C(=O)NCC2CC(=O)N(C3CCCC3)C2)s1. The molecule has 21 heavy (non-hydrogen) atoms. The molecule has 0 aromatic carbocycles. The van der Waals surface area contributed by atoms with Crippen LogP contribution >= 0.6 is 11.3 Å². The Hall–Kier alpha value is -1.63. The quantitative estimate of drug-likeness (QED) is 0.876. The first-order valence-corrected chi connectivity index (χ1v) is 8.24. The summed E-state index contributed by atoms with van der Waals surface area (Å²) in [5.41, 5.74) is 5.52. The molecule has 0 radical (unpaired) electrons. The summed E-state index contributed by atoms with van der Waals surface area (Å²) in [4.78, 5) is 30.4. The van der Waals surface area contributed by atoms with Crippen molar-refractivity contribution in [2.24, 2.45) is 5.92 Å². The van der Waals surface area contributed by atoms with E-state index in [0.29, 0.717) is 29.0 Å². The highest BCUT2D eigenvalue weighted by Crippen LogP contribution is 2.29. The first-order valence-electron chi connectivity index (χ1n) is 7.42. The van der Waals surface area contributed by atoms with Gasteiger partial charge in [-0.1, -0.05) is 24.2 Å². The molecule has 114 valence electrons. The molecular formula is C14H20N4O2S. The minimum atomic E-state index is -0.157. The summed E-state index contributed by atoms with van der Waals surface area (Å²) in [7, 11) is 0. The van der Waals surface area contributed by atoms with E-state index < -0.39 is 0 Å². The van der Waals surface area contributed by atoms with Crippen molar-refractivity contribution in [1.82, 2.24) is 15.2 Å². The van der Waals surface area contributed by atoms with Gasteiger partial charge in [0.1, 0.15) is 4.88 Å². The third-order valence-corrected chi connectivity index (χ3v) is 5.13. The number of thiazole rings is 1. The van der Waals surface area contributed by atoms with Gasteiger partial charge < -0.3 is 16.0 Å². The molecule has 7 heteroatoms. The van der Waals surface area contributed by atoms with Gasteiger partial charge in [-0.25, -0.2) is 4.98 Å². The van der Waals surface area contributed by atoms with Crippen molar-refractivity contribution in [3.8, 4) is 0 Å². The smallest absolute Gasteiger partial charge is 0.263 e. The monoisotopic (exact) mass is 308 g/mol. The van der Waals surface area contributed by atoms with Gasteiger partial charge in [0, 0.05) is 31.5 Å². The van der Waals surface area contributed by atoms with Gasteiger partial charge in [-0.3, -0.25) is 9.59 Å². The highest BCUT2D eigenvalue weighted by atomic mass is 32.1. The Balaban J connectivity index is 1.50. The summed E-state index contributed by atoms with van der Waals surface area (Å²) in [5, 5.41) is 3.28. The van der Waals surface area contributed by atoms with Gasteiger partial charge >= 0.3 is 0 Å². The molecule has 2 amide bonds. The number of nitrogens with two attached hydrogens (primary N) is 1. The second-order valence-electron chi connectivity index (χ2n) is 5.83. The van der Waals surface area contributed by atoms with Crippen LogP contribution in [0.25, 0.3) is 0 Å². The zero-order valence-corrected chi connectivity index (χ0v) is 12.7. The standard InChI is InChI=1S/C14H20N4O2S/c15-14-17-7-11(21-14)13(20)16-6-9-5-12(19)18(8-9)10-3-1-2-4-10/h7,9-10H,1-6,8H2,(H2,15,17)(H,16,20). The number of hydrogen-bond donors (Lipinski definition) is 2. The van der Waals surface area contributed by atoms with E-state index in [0.717, 1.165) is 19.4 Å². The van der Waals surface area contributed by atoms with E-state index in [2.05, 4.69) is 10.3 Å². The maximum absolute atomic E-state index is 12.1. The van der Waals surface area contributed by atoms with Gasteiger partial charge in [0.15, 0.2) is 5.13 Å². The van der Waals surface area contributed by atoms with Crippen LogP contribution in [-0.4, -0.2) is 40.8 Å². The number of nitrogens with zero attached hydrogens (tertiary/aromatic N) is 2. The molecule has 0 bridgehead atoms. The van der Waals surface area contributed by atoms with Crippen molar-refractivity contribution in [3.05, 3.63) is 11.1 Å². The zero-order valence-electron chi connectivity index (χ0n) is 11.9. The summed E-state index contributed by atoms with van der Waals surface area (Å²) in [6.45, 7) is 1.31. The molecular weight excluding hydrogens is 288 g/mol. The summed E-state index contributed by atoms with van der Waals surface area (Å²) < 4.78 is 0. The average Bonchev–Trinajstić information content (AvgIpc) is 3.16. The molecule has 0 spiro atoms. The number of aromatic nitrogens is 1. The zero-order chi connectivity index (χ0) is 14.8. The molecule has 2 heterocycles. The lowest BCUT2D eigenvalue weighted by Crippen LogP contribution is -2.35. The second-order valence-corrected chi connectivity index (χ2v) is 6.89. The van der Waals surface area contributed by atoms with Crippen LogP contribution in [0.15, 0.2) is 6.20 Å². The molecule has 1 unspecified atom stereocenters. The van der Waals surface area contributed by atoms with E-state index in [1.165, 1.54) is 30.4 Å². The number of rotatable bonds is 4. The van der Waals surface area contributed by atoms with Crippen LogP contribution < -0.4 is 11.1 Å². The van der Waals surface area contributed by atoms with E-state index in [9.17, 15) is 9.59 Å². The molecule has 1 saturated carbocycles. The second kappa shape index (κ2) is 6.01. The average molecular weight is 308 g/mol. The van der Waals surface area contributed by atoms with Crippen molar-refractivity contribution < 1.29 is 9.59 Å². The first kappa shape index (κ1) is 14.3. The van der Waals surface area contributed by atoms with E-state index >= 15 is 0 Å². The fourth-order valence-corrected chi connectivity index (χ4v) is 3.83. The highest BCUT2D eigenvalue weighted by Gasteiger charge is 2.35. The maximum atomic E-state index is 12.1. The third-order valence-electron chi connectivity index (χ3n) is 4.30. The van der Waals surface area contributed by atoms with E-state index in [-0.39, 0.29) is 17.7 Å². The Morgan fingerprint density at radius 2 is 2.24 bits per heavy atom. The number of likely N-dealkylation sites (tertiary alicyclic amines) is 1. The molecule has 1 aromatic rings. The fourth-order valence-electron chi connectivity index (χ4n) is 3.23. The van der Waals surface area contributed by atoms with Crippen LogP contribution in [0.3, 0.4) is 0 Å². The number of hydrogen-bond acceptors (Lipinski definition) is 5. The van der Waals surface area contributed by atoms with Crippen LogP contribution in [0.1, 0.15) is 41.8 Å². The van der Waals surface area contributed by atoms with Crippen molar-refractivity contribution >= 4 is 28.3 Å². The maximum Gasteiger partial charge on any atom is 0.263 e. The molecule has 2 aliphatic rings. The van der Waals surface area contributed by atoms with E-state index in [4.69, 9.17) is 5.73 Å². The highest BCUT2D eigenvalue weighted by molar-refractivity contribution is 7.17. The number of anilines is 1. The van der Waals surface area contributed by atoms with Gasteiger partial charge in [0.2, 0.25) is 5.91 Å². The molecule has 1 aromatic heterocycles. The molecule has 2 fully saturated rings. The molecule has 1 aliphatic heterocycles. The van der Waals surface area contributed by atoms with Crippen molar-refractivity contribution in [3.63, 3.8) is 0 Å². The molecule has 6 nitrogen and oxygen atoms in total. The number of nitrogens with one attached hydrogen (secondary N) is 1. The van der Waals surface area contributed by atoms with Gasteiger partial charge in [0.25, 0.3) is 5.91 Å². The molecule has 1 atom stereocenters. The van der Waals surface area contributed by atoms with E-state index in [1.54, 1.807) is 0 Å². The Labute approximate surface area is 127 Å². The first-order chi connectivity index (χ1) is 10.1. The van der Waals surface area contributed by atoms with Gasteiger partial charge in [-0.15, -0.1) is 0 Å². The van der Waals surface area contributed by atoms with Crippen molar-refractivity contribution in [2.45, 2.75) is 38.1 Å². The summed E-state index contributed by atoms with van der Waals surface area (Å²) in [6.07, 6.45) is 6.74. The van der Waals surface area contributed by atoms with Crippen LogP contribution in [0.4, 0.5) is 5.13 Å². The minimum Gasteiger partial charge on any atom is -0.375 e. The van der Waals surface area contributed by atoms with Crippen LogP contribution in [0.2, 0.25) is 0 Å². The largest absolute Gasteiger partial charge is 0.375 e. The predicted molar refractivity (Wildman–Crippen MR) is 80.9 cm³/mol. The molecule has 3 N–H and O–H groups in total. The van der Waals surface area contributed by atoms with Gasteiger partial charge in [0.05, 0.1) is 6.20 Å². The fraction of sp³-hybridized carbons (Fsp3) is 0.643. The number of carbonyl (C=O) groups is 2. The summed E-state index contributed by atoms with van der Waals surface area (Å²) in [5.74, 6) is 0.298. The van der Waals surface area contributed by atoms with Crippen molar-refractivity contribution in [2.75, 3.05) is 18.8 Å². The van der Waals surface area contributed by atoms with Crippen molar-refractivity contribution in [1.29, 1.82) is 0 Å². The predicted octanol–water partition coefficient (Wildman–Crippen LogP) is 1.25. The number of carbonyl (C=O) groups excluding carboxylic acids is 2. The molecule has 3 rings (SSSR count). The Morgan fingerprint density at radius 1 is 1.48 bits per heavy atom. The lowest BCUT2D eigenvalue weighted by molar-refractivity contribution is -0.129. The van der Waals surface area contributed by atoms with Crippen LogP contribution in [-0.2, 0) is 4.79 Å². The lowest BCUT2D eigenvalue weighted by atomic mass is 10.1. The summed E-state index contributed by atoms with van der Waals surface area (Å²) in [6, 6.07) is 0.430. The Kier molecular flexibility index (Phi) is 4.10. The Morgan fingerprint density at radius 3 is 2.90 bits per heavy atom. The number of amides is 2. The number of nitrogen functional groups attached to an aromatic ring is 1. The minimum absolute atomic E-state index is 0.157. The molecule has 1 saturated heterocycles. The topological polar surface area (TPSA) is 88.3 Å². The van der Waals surface area contributed by atoms with Crippen LogP contribution in [0.5, 0.6) is 0 Å².